The van der Waals surface area contributed by atoms with Crippen LogP contribution in [-0.4, -0.2) is 30.4 Å². The van der Waals surface area contributed by atoms with Crippen LogP contribution in [0, 0.1) is 5.92 Å². The van der Waals surface area contributed by atoms with E-state index in [4.69, 9.17) is 0 Å². The van der Waals surface area contributed by atoms with Crippen molar-refractivity contribution < 1.29 is 4.79 Å². The molecule has 1 aliphatic carbocycles. The molecule has 1 aliphatic heterocycles. The Labute approximate surface area is 121 Å². The van der Waals surface area contributed by atoms with Crippen molar-refractivity contribution in [2.75, 3.05) is 13.6 Å². The van der Waals surface area contributed by atoms with Crippen molar-refractivity contribution in [3.8, 4) is 0 Å². The topological polar surface area (TPSA) is 32.3 Å². The Balaban J connectivity index is 1.86. The average molecular weight is 272 g/mol. The third-order valence-electron chi connectivity index (χ3n) is 4.61. The normalized spacial score (nSPS) is 27.4. The van der Waals surface area contributed by atoms with Gasteiger partial charge in [-0.15, -0.1) is 0 Å². The highest BCUT2D eigenvalue weighted by Gasteiger charge is 2.36. The van der Waals surface area contributed by atoms with E-state index in [0.29, 0.717) is 5.91 Å². The molecule has 1 saturated heterocycles. The molecule has 0 radical (unpaired) electrons. The number of carbonyl (C=O) groups is 1. The lowest BCUT2D eigenvalue weighted by atomic mass is 10.0. The third-order valence-corrected chi connectivity index (χ3v) is 4.61. The summed E-state index contributed by atoms with van der Waals surface area (Å²) in [5.74, 6) is 1.03. The fraction of sp³-hybridized carbons (Fsp3) is 0.588. The zero-order chi connectivity index (χ0) is 13.9. The van der Waals surface area contributed by atoms with Gasteiger partial charge in [0.2, 0.25) is 5.91 Å². The number of likely N-dealkylation sites (N-methyl/N-ethyl adjacent to an activating group) is 1. The Morgan fingerprint density at radius 2 is 1.90 bits per heavy atom. The number of carbonyl (C=O) groups excluding carboxylic acids is 1. The first-order valence-corrected chi connectivity index (χ1v) is 7.82. The lowest BCUT2D eigenvalue weighted by Crippen LogP contribution is -2.45. The molecule has 3 nitrogen and oxygen atoms in total. The van der Waals surface area contributed by atoms with Crippen LogP contribution >= 0.6 is 0 Å². The molecule has 0 aromatic heterocycles. The molecule has 0 spiro atoms. The maximum absolute atomic E-state index is 12.8. The fourth-order valence-electron chi connectivity index (χ4n) is 3.23. The van der Waals surface area contributed by atoms with E-state index in [-0.39, 0.29) is 12.1 Å². The van der Waals surface area contributed by atoms with Gasteiger partial charge in [-0.1, -0.05) is 30.3 Å². The third kappa shape index (κ3) is 2.88. The Hall–Kier alpha value is -1.35. The van der Waals surface area contributed by atoms with Gasteiger partial charge >= 0.3 is 0 Å². The van der Waals surface area contributed by atoms with Crippen molar-refractivity contribution in [3.63, 3.8) is 0 Å². The quantitative estimate of drug-likeness (QED) is 0.914. The molecule has 1 heterocycles. The molecule has 1 aromatic rings. The number of nitrogens with zero attached hydrogens (tertiary/aromatic N) is 1. The molecule has 2 fully saturated rings. The minimum absolute atomic E-state index is 0.00228. The van der Waals surface area contributed by atoms with Crippen LogP contribution in [0.3, 0.4) is 0 Å². The van der Waals surface area contributed by atoms with Gasteiger partial charge < -0.3 is 10.2 Å². The van der Waals surface area contributed by atoms with Gasteiger partial charge in [0.05, 0.1) is 12.1 Å². The maximum Gasteiger partial charge on any atom is 0.240 e. The van der Waals surface area contributed by atoms with Crippen molar-refractivity contribution in [2.45, 2.75) is 44.2 Å². The second kappa shape index (κ2) is 5.96. The van der Waals surface area contributed by atoms with E-state index in [1.807, 2.05) is 13.1 Å². The van der Waals surface area contributed by atoms with Gasteiger partial charge in [0.15, 0.2) is 0 Å². The largest absolute Gasteiger partial charge is 0.334 e. The Morgan fingerprint density at radius 1 is 1.15 bits per heavy atom. The van der Waals surface area contributed by atoms with Gasteiger partial charge in [-0.05, 0) is 50.6 Å². The molecule has 1 N–H and O–H groups in total. The number of likely N-dealkylation sites (tertiary alicyclic amines) is 1. The van der Waals surface area contributed by atoms with Crippen LogP contribution in [-0.2, 0) is 4.79 Å². The summed E-state index contributed by atoms with van der Waals surface area (Å²) in [5.41, 5.74) is 1.29. The minimum Gasteiger partial charge on any atom is -0.334 e. The molecule has 1 amide bonds. The van der Waals surface area contributed by atoms with Crippen molar-refractivity contribution in [2.24, 2.45) is 5.92 Å². The average Bonchev–Trinajstić information content (AvgIpc) is 3.31. The molecule has 2 aliphatic rings. The number of benzene rings is 1. The van der Waals surface area contributed by atoms with Crippen LogP contribution in [0.2, 0.25) is 0 Å². The van der Waals surface area contributed by atoms with E-state index in [1.165, 1.54) is 18.4 Å². The van der Waals surface area contributed by atoms with Crippen LogP contribution in [0.5, 0.6) is 0 Å². The molecule has 2 atom stereocenters. The Kier molecular flexibility index (Phi) is 4.06. The van der Waals surface area contributed by atoms with E-state index in [1.54, 1.807) is 0 Å². The summed E-state index contributed by atoms with van der Waals surface area (Å²) in [5, 5.41) is 3.20. The SMILES string of the molecule is CN[C@H]1CCC[C@@H](c2ccccc2)N(CC2CC2)C1=O. The molecule has 108 valence electrons. The predicted molar refractivity (Wildman–Crippen MR) is 80.3 cm³/mol. The maximum atomic E-state index is 12.8. The standard InChI is InChI=1S/C17H24N2O/c1-18-15-8-5-9-16(14-6-3-2-4-7-14)19(17(15)20)12-13-10-11-13/h2-4,6-7,13,15-16,18H,5,8-12H2,1H3/t15-,16-/m0/s1. The number of hydrogen-bond acceptors (Lipinski definition) is 2. The summed E-state index contributed by atoms with van der Waals surface area (Å²) < 4.78 is 0. The first-order valence-electron chi connectivity index (χ1n) is 7.82. The van der Waals surface area contributed by atoms with Crippen LogP contribution in [0.15, 0.2) is 30.3 Å². The molecule has 20 heavy (non-hydrogen) atoms. The smallest absolute Gasteiger partial charge is 0.240 e. The monoisotopic (exact) mass is 272 g/mol. The van der Waals surface area contributed by atoms with Gasteiger partial charge in [-0.3, -0.25) is 4.79 Å². The predicted octanol–water partition coefficient (Wildman–Crippen LogP) is 2.74. The minimum atomic E-state index is 0.00228. The number of nitrogens with one attached hydrogen (secondary N) is 1. The highest BCUT2D eigenvalue weighted by molar-refractivity contribution is 5.82. The van der Waals surface area contributed by atoms with Gasteiger partial charge in [0.25, 0.3) is 0 Å². The molecule has 3 heteroatoms. The van der Waals surface area contributed by atoms with Gasteiger partial charge in [-0.25, -0.2) is 0 Å². The molecule has 0 bridgehead atoms. The summed E-state index contributed by atoms with van der Waals surface area (Å²) in [4.78, 5) is 14.9. The van der Waals surface area contributed by atoms with Crippen LogP contribution in [0.25, 0.3) is 0 Å². The highest BCUT2D eigenvalue weighted by atomic mass is 16.2. The van der Waals surface area contributed by atoms with E-state index in [2.05, 4.69) is 34.5 Å². The van der Waals surface area contributed by atoms with Crippen molar-refractivity contribution >= 4 is 5.91 Å². The Morgan fingerprint density at radius 3 is 2.55 bits per heavy atom. The van der Waals surface area contributed by atoms with E-state index < -0.39 is 0 Å². The number of amides is 1. The number of hydrogen-bond donors (Lipinski definition) is 1. The molecular formula is C17H24N2O. The summed E-state index contributed by atoms with van der Waals surface area (Å²) >= 11 is 0. The second-order valence-corrected chi connectivity index (χ2v) is 6.13. The van der Waals surface area contributed by atoms with Crippen molar-refractivity contribution in [3.05, 3.63) is 35.9 Å². The lowest BCUT2D eigenvalue weighted by Gasteiger charge is -2.32. The van der Waals surface area contributed by atoms with Crippen LogP contribution in [0.1, 0.15) is 43.7 Å². The van der Waals surface area contributed by atoms with Crippen LogP contribution < -0.4 is 5.32 Å². The lowest BCUT2D eigenvalue weighted by molar-refractivity contribution is -0.135. The highest BCUT2D eigenvalue weighted by Crippen LogP contribution is 2.36. The molecule has 1 aromatic carbocycles. The summed E-state index contributed by atoms with van der Waals surface area (Å²) in [6, 6.07) is 10.8. The van der Waals surface area contributed by atoms with E-state index in [0.717, 1.165) is 31.7 Å². The molecule has 1 saturated carbocycles. The number of rotatable bonds is 4. The van der Waals surface area contributed by atoms with Crippen molar-refractivity contribution in [1.82, 2.24) is 10.2 Å². The van der Waals surface area contributed by atoms with Gasteiger partial charge in [0.1, 0.15) is 0 Å². The summed E-state index contributed by atoms with van der Waals surface area (Å²) in [6.07, 6.45) is 5.73. The summed E-state index contributed by atoms with van der Waals surface area (Å²) in [6.45, 7) is 0.941. The van der Waals surface area contributed by atoms with Crippen LogP contribution in [0.4, 0.5) is 0 Å². The molecule has 3 rings (SSSR count). The second-order valence-electron chi connectivity index (χ2n) is 6.13. The summed E-state index contributed by atoms with van der Waals surface area (Å²) in [7, 11) is 1.90. The zero-order valence-electron chi connectivity index (χ0n) is 12.2. The Bertz CT molecular complexity index is 455. The molecular weight excluding hydrogens is 248 g/mol. The zero-order valence-corrected chi connectivity index (χ0v) is 12.2. The fourth-order valence-corrected chi connectivity index (χ4v) is 3.23. The molecule has 0 unspecified atom stereocenters. The van der Waals surface area contributed by atoms with Crippen molar-refractivity contribution in [1.29, 1.82) is 0 Å². The van der Waals surface area contributed by atoms with E-state index >= 15 is 0 Å². The first kappa shape index (κ1) is 13.6. The van der Waals surface area contributed by atoms with Gasteiger partial charge in [0, 0.05) is 6.54 Å². The van der Waals surface area contributed by atoms with E-state index in [9.17, 15) is 4.79 Å². The van der Waals surface area contributed by atoms with Gasteiger partial charge in [-0.2, -0.15) is 0 Å². The first-order chi connectivity index (χ1) is 9.79.